The van der Waals surface area contributed by atoms with E-state index in [0.29, 0.717) is 41.1 Å². The molecule has 37 heavy (non-hydrogen) atoms. The van der Waals surface area contributed by atoms with Gasteiger partial charge < -0.3 is 20.7 Å². The largest absolute Gasteiger partial charge is 0.465 e. The van der Waals surface area contributed by atoms with Gasteiger partial charge in [-0.05, 0) is 30.2 Å². The SMILES string of the molecule is COC(=O)c1ccc(C(=O)N[C@@H]2N=C(c3ccccc3)c3cc([N+](=O)[O-])cc4c3N(CC4)C2=O)c(N)c1. The Morgan fingerprint density at radius 1 is 1.16 bits per heavy atom. The number of benzene rings is 3. The molecule has 11 heteroatoms. The highest BCUT2D eigenvalue weighted by molar-refractivity contribution is 6.21. The van der Waals surface area contributed by atoms with Crippen LogP contribution in [0.5, 0.6) is 0 Å². The van der Waals surface area contributed by atoms with Gasteiger partial charge in [0.1, 0.15) is 0 Å². The lowest BCUT2D eigenvalue weighted by Crippen LogP contribution is -2.47. The summed E-state index contributed by atoms with van der Waals surface area (Å²) >= 11 is 0. The number of methoxy groups -OCH3 is 1. The molecule has 0 spiro atoms. The van der Waals surface area contributed by atoms with Crippen molar-refractivity contribution in [2.75, 3.05) is 24.3 Å². The number of nitro benzene ring substituents is 1. The van der Waals surface area contributed by atoms with Crippen molar-refractivity contribution in [3.63, 3.8) is 0 Å². The molecule has 2 aliphatic rings. The van der Waals surface area contributed by atoms with E-state index in [1.807, 2.05) is 6.07 Å². The van der Waals surface area contributed by atoms with Gasteiger partial charge in [0.15, 0.2) is 0 Å². The third-order valence-electron chi connectivity index (χ3n) is 6.30. The highest BCUT2D eigenvalue weighted by Crippen LogP contribution is 2.39. The lowest BCUT2D eigenvalue weighted by molar-refractivity contribution is -0.384. The molecule has 0 saturated heterocycles. The van der Waals surface area contributed by atoms with E-state index in [0.717, 1.165) is 0 Å². The molecule has 0 radical (unpaired) electrons. The van der Waals surface area contributed by atoms with E-state index in [1.165, 1.54) is 42.3 Å². The van der Waals surface area contributed by atoms with Gasteiger partial charge in [0.05, 0.1) is 34.6 Å². The maximum atomic E-state index is 13.6. The van der Waals surface area contributed by atoms with Gasteiger partial charge >= 0.3 is 5.97 Å². The number of nitro groups is 1. The van der Waals surface area contributed by atoms with Gasteiger partial charge in [-0.15, -0.1) is 0 Å². The van der Waals surface area contributed by atoms with E-state index < -0.39 is 28.9 Å². The van der Waals surface area contributed by atoms with Crippen LogP contribution in [0.15, 0.2) is 65.7 Å². The number of nitrogens with zero attached hydrogens (tertiary/aromatic N) is 3. The van der Waals surface area contributed by atoms with Crippen molar-refractivity contribution >= 4 is 40.6 Å². The van der Waals surface area contributed by atoms with E-state index in [2.05, 4.69) is 15.0 Å². The number of nitrogen functional groups attached to an aromatic ring is 1. The Morgan fingerprint density at radius 3 is 2.59 bits per heavy atom. The summed E-state index contributed by atoms with van der Waals surface area (Å²) in [5.74, 6) is -1.75. The molecule has 0 bridgehead atoms. The first-order chi connectivity index (χ1) is 17.8. The molecule has 0 fully saturated rings. The maximum Gasteiger partial charge on any atom is 0.337 e. The Kier molecular flexibility index (Phi) is 5.88. The number of non-ortho nitro benzene ring substituents is 1. The van der Waals surface area contributed by atoms with Crippen LogP contribution in [0.4, 0.5) is 17.1 Å². The minimum atomic E-state index is -1.32. The average Bonchev–Trinajstić information content (AvgIpc) is 3.29. The fourth-order valence-corrected chi connectivity index (χ4v) is 4.58. The Bertz CT molecular complexity index is 1500. The molecule has 0 saturated carbocycles. The van der Waals surface area contributed by atoms with Crippen molar-refractivity contribution in [1.29, 1.82) is 0 Å². The smallest absolute Gasteiger partial charge is 0.337 e. The molecule has 3 aromatic rings. The molecule has 3 aromatic carbocycles. The number of nitrogens with one attached hydrogen (secondary N) is 1. The van der Waals surface area contributed by atoms with E-state index in [-0.39, 0.29) is 22.5 Å². The van der Waals surface area contributed by atoms with Crippen molar-refractivity contribution < 1.29 is 24.0 Å². The zero-order valence-corrected chi connectivity index (χ0v) is 19.6. The zero-order chi connectivity index (χ0) is 26.3. The number of ether oxygens (including phenoxy) is 1. The molecule has 1 atom stereocenters. The summed E-state index contributed by atoms with van der Waals surface area (Å²) in [5.41, 5.74) is 8.80. The predicted octanol–water partition coefficient (Wildman–Crippen LogP) is 2.46. The zero-order valence-electron chi connectivity index (χ0n) is 19.6. The summed E-state index contributed by atoms with van der Waals surface area (Å²) in [7, 11) is 1.23. The van der Waals surface area contributed by atoms with E-state index >= 15 is 0 Å². The molecule has 186 valence electrons. The lowest BCUT2D eigenvalue weighted by atomic mass is 9.97. The second kappa shape index (κ2) is 9.19. The van der Waals surface area contributed by atoms with Gasteiger partial charge in [0.2, 0.25) is 6.17 Å². The average molecular weight is 499 g/mol. The molecule has 2 amide bonds. The molecule has 3 N–H and O–H groups in total. The summed E-state index contributed by atoms with van der Waals surface area (Å²) in [6, 6.07) is 15.9. The third-order valence-corrected chi connectivity index (χ3v) is 6.30. The molecule has 2 heterocycles. The van der Waals surface area contributed by atoms with Crippen molar-refractivity contribution in [1.82, 2.24) is 5.32 Å². The Balaban J connectivity index is 1.59. The monoisotopic (exact) mass is 499 g/mol. The number of carbonyl (C=O) groups excluding carboxylic acids is 3. The number of aliphatic imine (C=N–C) groups is 1. The van der Waals surface area contributed by atoms with Crippen LogP contribution in [-0.4, -0.2) is 48.2 Å². The van der Waals surface area contributed by atoms with E-state index in [1.54, 1.807) is 24.3 Å². The normalized spacial score (nSPS) is 15.9. The summed E-state index contributed by atoms with van der Waals surface area (Å²) in [5, 5.41) is 14.3. The van der Waals surface area contributed by atoms with Gasteiger partial charge in [-0.2, -0.15) is 0 Å². The second-order valence-corrected chi connectivity index (χ2v) is 8.51. The standard InChI is InChI=1S/C26H21N5O6/c1-37-26(34)16-7-8-18(20(27)12-16)24(32)29-23-25(33)30-10-9-15-11-17(31(35)36)13-19(22(15)30)21(28-23)14-5-3-2-4-6-14/h2-8,11-13,23H,9-10,27H2,1H3,(H,29,32)/t23-/m0/s1. The predicted molar refractivity (Wildman–Crippen MR) is 135 cm³/mol. The number of hydrogen-bond acceptors (Lipinski definition) is 8. The summed E-state index contributed by atoms with van der Waals surface area (Å²) in [4.78, 5) is 55.8. The van der Waals surface area contributed by atoms with Gasteiger partial charge in [-0.3, -0.25) is 19.7 Å². The summed E-state index contributed by atoms with van der Waals surface area (Å²) < 4.78 is 4.67. The Morgan fingerprint density at radius 2 is 1.92 bits per heavy atom. The first kappa shape index (κ1) is 23.7. The highest BCUT2D eigenvalue weighted by atomic mass is 16.6. The minimum Gasteiger partial charge on any atom is -0.465 e. The van der Waals surface area contributed by atoms with Crippen molar-refractivity contribution in [3.05, 3.63) is 98.6 Å². The summed E-state index contributed by atoms with van der Waals surface area (Å²) in [6.07, 6.45) is -0.889. The fraction of sp³-hybridized carbons (Fsp3) is 0.154. The van der Waals surface area contributed by atoms with Crippen LogP contribution in [0.25, 0.3) is 0 Å². The Labute approximate surface area is 210 Å². The van der Waals surface area contributed by atoms with Gasteiger partial charge in [0.25, 0.3) is 17.5 Å². The van der Waals surface area contributed by atoms with Crippen LogP contribution in [-0.2, 0) is 16.0 Å². The fourth-order valence-electron chi connectivity index (χ4n) is 4.58. The van der Waals surface area contributed by atoms with Crippen LogP contribution < -0.4 is 16.0 Å². The minimum absolute atomic E-state index is 0.0242. The Hall–Kier alpha value is -5.06. The molecular weight excluding hydrogens is 478 g/mol. The number of hydrogen-bond donors (Lipinski definition) is 2. The van der Waals surface area contributed by atoms with Crippen LogP contribution in [0.2, 0.25) is 0 Å². The van der Waals surface area contributed by atoms with Crippen LogP contribution >= 0.6 is 0 Å². The first-order valence-corrected chi connectivity index (χ1v) is 11.3. The first-order valence-electron chi connectivity index (χ1n) is 11.3. The third kappa shape index (κ3) is 4.16. The number of nitrogens with two attached hydrogens (primary N) is 1. The molecular formula is C26H21N5O6. The summed E-state index contributed by atoms with van der Waals surface area (Å²) in [6.45, 7) is 0.294. The van der Waals surface area contributed by atoms with Gasteiger partial charge in [-0.25, -0.2) is 9.79 Å². The molecule has 5 rings (SSSR count). The van der Waals surface area contributed by atoms with E-state index in [4.69, 9.17) is 5.73 Å². The lowest BCUT2D eigenvalue weighted by Gasteiger charge is -2.21. The van der Waals surface area contributed by atoms with Crippen LogP contribution in [0, 0.1) is 10.1 Å². The number of anilines is 2. The highest BCUT2D eigenvalue weighted by Gasteiger charge is 2.38. The van der Waals surface area contributed by atoms with Gasteiger partial charge in [0, 0.05) is 35.5 Å². The van der Waals surface area contributed by atoms with Crippen molar-refractivity contribution in [3.8, 4) is 0 Å². The molecule has 2 aliphatic heterocycles. The van der Waals surface area contributed by atoms with Crippen LogP contribution in [0.3, 0.4) is 0 Å². The number of amides is 2. The van der Waals surface area contributed by atoms with Crippen molar-refractivity contribution in [2.45, 2.75) is 12.6 Å². The quantitative estimate of drug-likeness (QED) is 0.236. The molecule has 11 nitrogen and oxygen atoms in total. The van der Waals surface area contributed by atoms with Crippen LogP contribution in [0.1, 0.15) is 37.4 Å². The van der Waals surface area contributed by atoms with Gasteiger partial charge in [-0.1, -0.05) is 30.3 Å². The number of esters is 1. The number of rotatable bonds is 5. The molecule has 0 aliphatic carbocycles. The van der Waals surface area contributed by atoms with E-state index in [9.17, 15) is 24.5 Å². The number of carbonyl (C=O) groups is 3. The molecule has 0 unspecified atom stereocenters. The van der Waals surface area contributed by atoms with Crippen molar-refractivity contribution in [2.24, 2.45) is 4.99 Å². The topological polar surface area (TPSA) is 157 Å². The second-order valence-electron chi connectivity index (χ2n) is 8.51. The molecule has 0 aromatic heterocycles. The maximum absolute atomic E-state index is 13.6.